The quantitative estimate of drug-likeness (QED) is 0.735. The fourth-order valence-electron chi connectivity index (χ4n) is 2.59. The van der Waals surface area contributed by atoms with Crippen LogP contribution < -0.4 is 0 Å². The number of aliphatic imine (C=N–C) groups is 1. The lowest BCUT2D eigenvalue weighted by Crippen LogP contribution is -2.14. The molecule has 1 heterocycles. The Hall–Kier alpha value is -1.90. The van der Waals surface area contributed by atoms with Gasteiger partial charge in [-0.15, -0.1) is 0 Å². The summed E-state index contributed by atoms with van der Waals surface area (Å²) in [7, 11) is 3.85. The first-order valence-corrected chi connectivity index (χ1v) is 6.87. The number of fused-ring (bicyclic) bond motifs is 1. The second-order valence-corrected chi connectivity index (χ2v) is 5.71. The molecular formula is C17H22N2O. The number of nitrogens with zero attached hydrogens (tertiary/aromatic N) is 2. The Bertz CT molecular complexity index is 637. The Labute approximate surface area is 121 Å². The smallest absolute Gasteiger partial charge is 0.193 e. The molecule has 0 N–H and O–H groups in total. The van der Waals surface area contributed by atoms with E-state index in [1.54, 1.807) is 0 Å². The minimum atomic E-state index is 0.106. The third-order valence-corrected chi connectivity index (χ3v) is 3.97. The maximum atomic E-state index is 12.8. The fourth-order valence-corrected chi connectivity index (χ4v) is 2.59. The van der Waals surface area contributed by atoms with Crippen molar-refractivity contribution in [2.45, 2.75) is 27.7 Å². The van der Waals surface area contributed by atoms with E-state index in [0.717, 1.165) is 28.0 Å². The molecule has 2 rings (SSSR count). The number of carbonyl (C=O) groups excluding carboxylic acids is 1. The predicted octanol–water partition coefficient (Wildman–Crippen LogP) is 3.06. The molecule has 0 radical (unpaired) electrons. The van der Waals surface area contributed by atoms with Crippen molar-refractivity contribution >= 4 is 11.5 Å². The molecule has 0 spiro atoms. The standard InChI is InChI=1S/C17H22N2O/c1-10-7-15-13(4)18-8-14(9-19(5)6)17(20)16(15)12(3)11(10)2/h7,9H,8H2,1-6H3/b14-9+. The number of Topliss-reactive ketones (excluding diaryl/α,β-unsaturated/α-hetero) is 1. The Kier molecular flexibility index (Phi) is 3.80. The van der Waals surface area contributed by atoms with E-state index >= 15 is 0 Å². The van der Waals surface area contributed by atoms with Gasteiger partial charge in [-0.25, -0.2) is 0 Å². The second-order valence-electron chi connectivity index (χ2n) is 5.71. The van der Waals surface area contributed by atoms with Gasteiger partial charge < -0.3 is 4.90 Å². The maximum Gasteiger partial charge on any atom is 0.193 e. The van der Waals surface area contributed by atoms with Gasteiger partial charge in [0.2, 0.25) is 0 Å². The zero-order valence-electron chi connectivity index (χ0n) is 13.2. The Morgan fingerprint density at radius 1 is 1.15 bits per heavy atom. The van der Waals surface area contributed by atoms with Crippen molar-refractivity contribution in [3.63, 3.8) is 0 Å². The van der Waals surface area contributed by atoms with Gasteiger partial charge in [-0.2, -0.15) is 0 Å². The summed E-state index contributed by atoms with van der Waals surface area (Å²) in [4.78, 5) is 19.3. The molecule has 0 amide bonds. The highest BCUT2D eigenvalue weighted by atomic mass is 16.1. The number of ketones is 1. The van der Waals surface area contributed by atoms with Gasteiger partial charge in [-0.3, -0.25) is 9.79 Å². The lowest BCUT2D eigenvalue weighted by molar-refractivity contribution is 0.103. The number of hydrogen-bond acceptors (Lipinski definition) is 3. The van der Waals surface area contributed by atoms with Crippen LogP contribution in [-0.2, 0) is 0 Å². The molecule has 1 aromatic carbocycles. The minimum absolute atomic E-state index is 0.106. The van der Waals surface area contributed by atoms with Crippen molar-refractivity contribution in [3.05, 3.63) is 45.7 Å². The monoisotopic (exact) mass is 270 g/mol. The highest BCUT2D eigenvalue weighted by Gasteiger charge is 2.24. The first-order chi connectivity index (χ1) is 9.32. The van der Waals surface area contributed by atoms with E-state index in [-0.39, 0.29) is 5.78 Å². The molecule has 0 saturated carbocycles. The number of carbonyl (C=O) groups is 1. The minimum Gasteiger partial charge on any atom is -0.383 e. The highest BCUT2D eigenvalue weighted by Crippen LogP contribution is 2.27. The van der Waals surface area contributed by atoms with Gasteiger partial charge in [0, 0.05) is 42.7 Å². The van der Waals surface area contributed by atoms with Crippen LogP contribution in [0.1, 0.15) is 39.5 Å². The van der Waals surface area contributed by atoms with Gasteiger partial charge in [0.1, 0.15) is 0 Å². The van der Waals surface area contributed by atoms with E-state index in [0.29, 0.717) is 6.54 Å². The Morgan fingerprint density at radius 2 is 1.80 bits per heavy atom. The average molecular weight is 270 g/mol. The van der Waals surface area contributed by atoms with Gasteiger partial charge in [-0.05, 0) is 50.5 Å². The molecule has 3 nitrogen and oxygen atoms in total. The summed E-state index contributed by atoms with van der Waals surface area (Å²) in [5.74, 6) is 0.106. The van der Waals surface area contributed by atoms with Crippen LogP contribution in [0, 0.1) is 20.8 Å². The van der Waals surface area contributed by atoms with Crippen LogP contribution in [0.2, 0.25) is 0 Å². The molecule has 20 heavy (non-hydrogen) atoms. The Morgan fingerprint density at radius 3 is 2.40 bits per heavy atom. The summed E-state index contributed by atoms with van der Waals surface area (Å²) in [5.41, 5.74) is 6.98. The lowest BCUT2D eigenvalue weighted by atomic mass is 9.88. The molecule has 1 aliphatic rings. The van der Waals surface area contributed by atoms with Crippen molar-refractivity contribution < 1.29 is 4.79 Å². The number of benzene rings is 1. The molecule has 0 fully saturated rings. The van der Waals surface area contributed by atoms with Crippen LogP contribution in [0.5, 0.6) is 0 Å². The van der Waals surface area contributed by atoms with E-state index in [9.17, 15) is 4.79 Å². The lowest BCUT2D eigenvalue weighted by Gasteiger charge is -2.15. The highest BCUT2D eigenvalue weighted by molar-refractivity contribution is 6.19. The van der Waals surface area contributed by atoms with E-state index < -0.39 is 0 Å². The number of aryl methyl sites for hydroxylation is 1. The molecule has 0 saturated heterocycles. The molecule has 1 aliphatic heterocycles. The topological polar surface area (TPSA) is 32.7 Å². The number of hydrogen-bond donors (Lipinski definition) is 0. The van der Waals surface area contributed by atoms with Crippen LogP contribution in [0.4, 0.5) is 0 Å². The van der Waals surface area contributed by atoms with Crippen LogP contribution >= 0.6 is 0 Å². The SMILES string of the molecule is CC1=NC/C(=C\N(C)C)C(=O)c2c1cc(C)c(C)c2C. The molecule has 106 valence electrons. The Balaban J connectivity index is 2.73. The van der Waals surface area contributed by atoms with Crippen LogP contribution in [0.25, 0.3) is 0 Å². The summed E-state index contributed by atoms with van der Waals surface area (Å²) in [6.45, 7) is 8.63. The van der Waals surface area contributed by atoms with E-state index in [1.807, 2.05) is 39.0 Å². The van der Waals surface area contributed by atoms with Crippen molar-refractivity contribution in [1.82, 2.24) is 4.90 Å². The zero-order valence-corrected chi connectivity index (χ0v) is 13.2. The van der Waals surface area contributed by atoms with Gasteiger partial charge in [0.05, 0.1) is 6.54 Å². The van der Waals surface area contributed by atoms with E-state index in [4.69, 9.17) is 0 Å². The first kappa shape index (κ1) is 14.5. The molecule has 0 bridgehead atoms. The first-order valence-electron chi connectivity index (χ1n) is 6.87. The molecule has 0 unspecified atom stereocenters. The summed E-state index contributed by atoms with van der Waals surface area (Å²) in [6.07, 6.45) is 1.88. The average Bonchev–Trinajstić information content (AvgIpc) is 2.48. The van der Waals surface area contributed by atoms with Crippen LogP contribution in [-0.4, -0.2) is 37.0 Å². The maximum absolute atomic E-state index is 12.8. The predicted molar refractivity (Wildman–Crippen MR) is 83.8 cm³/mol. The second kappa shape index (κ2) is 5.23. The van der Waals surface area contributed by atoms with Crippen molar-refractivity contribution in [2.24, 2.45) is 4.99 Å². The van der Waals surface area contributed by atoms with Gasteiger partial charge in [-0.1, -0.05) is 0 Å². The normalized spacial score (nSPS) is 16.8. The fraction of sp³-hybridized carbons (Fsp3) is 0.412. The summed E-state index contributed by atoms with van der Waals surface area (Å²) < 4.78 is 0. The van der Waals surface area contributed by atoms with Gasteiger partial charge in [0.25, 0.3) is 0 Å². The van der Waals surface area contributed by atoms with Gasteiger partial charge >= 0.3 is 0 Å². The van der Waals surface area contributed by atoms with Gasteiger partial charge in [0.15, 0.2) is 5.78 Å². The molecule has 0 aromatic heterocycles. The largest absolute Gasteiger partial charge is 0.383 e. The molecular weight excluding hydrogens is 248 g/mol. The van der Waals surface area contributed by atoms with Crippen molar-refractivity contribution in [2.75, 3.05) is 20.6 Å². The summed E-state index contributed by atoms with van der Waals surface area (Å²) in [5, 5.41) is 0. The zero-order chi connectivity index (χ0) is 15.0. The molecule has 3 heteroatoms. The number of rotatable bonds is 1. The van der Waals surface area contributed by atoms with Crippen LogP contribution in [0.3, 0.4) is 0 Å². The molecule has 1 aromatic rings. The molecule has 0 atom stereocenters. The van der Waals surface area contributed by atoms with E-state index in [1.165, 1.54) is 11.1 Å². The third-order valence-electron chi connectivity index (χ3n) is 3.97. The van der Waals surface area contributed by atoms with E-state index in [2.05, 4.69) is 24.9 Å². The third kappa shape index (κ3) is 2.40. The molecule has 0 aliphatic carbocycles. The van der Waals surface area contributed by atoms with Crippen molar-refractivity contribution in [3.8, 4) is 0 Å². The van der Waals surface area contributed by atoms with Crippen LogP contribution in [0.15, 0.2) is 22.8 Å². The summed E-state index contributed by atoms with van der Waals surface area (Å²) in [6, 6.07) is 2.09. The summed E-state index contributed by atoms with van der Waals surface area (Å²) >= 11 is 0. The van der Waals surface area contributed by atoms with Crippen molar-refractivity contribution in [1.29, 1.82) is 0 Å².